The molecule has 1 aliphatic heterocycles. The molecule has 1 heterocycles. The summed E-state index contributed by atoms with van der Waals surface area (Å²) >= 11 is 0. The van der Waals surface area contributed by atoms with Crippen molar-refractivity contribution in [3.8, 4) is 0 Å². The lowest BCUT2D eigenvalue weighted by Crippen LogP contribution is -2.54. The molecule has 2 aliphatic rings. The predicted octanol–water partition coefficient (Wildman–Crippen LogP) is 3.40. The van der Waals surface area contributed by atoms with Gasteiger partial charge in [0.05, 0.1) is 5.54 Å². The molecule has 6 heteroatoms. The van der Waals surface area contributed by atoms with E-state index < -0.39 is 5.54 Å². The summed E-state index contributed by atoms with van der Waals surface area (Å²) in [7, 11) is 0. The van der Waals surface area contributed by atoms with Crippen molar-refractivity contribution in [2.45, 2.75) is 63.6 Å². The molecule has 0 radical (unpaired) electrons. The fourth-order valence-electron chi connectivity index (χ4n) is 3.73. The van der Waals surface area contributed by atoms with E-state index in [0.29, 0.717) is 6.54 Å². The number of nitrogens with two attached hydrogens (primary N) is 1. The summed E-state index contributed by atoms with van der Waals surface area (Å²) in [6.07, 6.45) is 7.60. The average molecular weight is 388 g/mol. The molecule has 1 aliphatic carbocycles. The summed E-state index contributed by atoms with van der Waals surface area (Å²) in [4.78, 5) is 14.8. The number of carbonyl (C=O) groups excluding carboxylic acids is 1. The SMILES string of the molecule is Cl.Cl.NC1(C(=O)NCc2ccc(CN3CCCC3)cc2)CCCCC1. The Morgan fingerprint density at radius 2 is 1.52 bits per heavy atom. The summed E-state index contributed by atoms with van der Waals surface area (Å²) in [5.74, 6) is 0.0124. The first-order valence-electron chi connectivity index (χ1n) is 9.03. The molecule has 0 bridgehead atoms. The highest BCUT2D eigenvalue weighted by atomic mass is 35.5. The van der Waals surface area contributed by atoms with Gasteiger partial charge in [-0.2, -0.15) is 0 Å². The lowest BCUT2D eigenvalue weighted by atomic mass is 9.82. The molecule has 1 amide bonds. The molecular weight excluding hydrogens is 357 g/mol. The zero-order chi connectivity index (χ0) is 16.1. The first-order valence-corrected chi connectivity index (χ1v) is 9.03. The van der Waals surface area contributed by atoms with Crippen LogP contribution in [0.5, 0.6) is 0 Å². The second kappa shape index (κ2) is 10.4. The van der Waals surface area contributed by atoms with Gasteiger partial charge in [-0.25, -0.2) is 0 Å². The molecule has 3 rings (SSSR count). The van der Waals surface area contributed by atoms with Crippen LogP contribution in [0.2, 0.25) is 0 Å². The highest BCUT2D eigenvalue weighted by Gasteiger charge is 2.34. The molecule has 0 aromatic heterocycles. The van der Waals surface area contributed by atoms with E-state index in [0.717, 1.165) is 37.8 Å². The van der Waals surface area contributed by atoms with Crippen LogP contribution >= 0.6 is 24.8 Å². The van der Waals surface area contributed by atoms with Crippen LogP contribution in [0.15, 0.2) is 24.3 Å². The zero-order valence-corrected chi connectivity index (χ0v) is 16.5. The Labute approximate surface area is 163 Å². The van der Waals surface area contributed by atoms with Gasteiger partial charge in [0.2, 0.25) is 5.91 Å². The monoisotopic (exact) mass is 387 g/mol. The minimum atomic E-state index is -0.645. The van der Waals surface area contributed by atoms with Gasteiger partial charge < -0.3 is 11.1 Å². The van der Waals surface area contributed by atoms with Crippen molar-refractivity contribution in [3.05, 3.63) is 35.4 Å². The van der Waals surface area contributed by atoms with Crippen LogP contribution in [-0.2, 0) is 17.9 Å². The van der Waals surface area contributed by atoms with Gasteiger partial charge >= 0.3 is 0 Å². The van der Waals surface area contributed by atoms with Crippen molar-refractivity contribution in [3.63, 3.8) is 0 Å². The van der Waals surface area contributed by atoms with Crippen LogP contribution in [0.25, 0.3) is 0 Å². The Morgan fingerprint density at radius 3 is 2.12 bits per heavy atom. The van der Waals surface area contributed by atoms with E-state index in [1.54, 1.807) is 0 Å². The summed E-state index contributed by atoms with van der Waals surface area (Å²) in [6.45, 7) is 4.05. The second-order valence-electron chi connectivity index (χ2n) is 7.20. The number of benzene rings is 1. The molecule has 3 N–H and O–H groups in total. The summed E-state index contributed by atoms with van der Waals surface area (Å²) < 4.78 is 0. The number of rotatable bonds is 5. The number of amides is 1. The number of hydrogen-bond acceptors (Lipinski definition) is 3. The summed E-state index contributed by atoms with van der Waals surface area (Å²) in [5, 5.41) is 3.03. The maximum Gasteiger partial charge on any atom is 0.240 e. The molecule has 2 fully saturated rings. The fourth-order valence-corrected chi connectivity index (χ4v) is 3.73. The number of halogens is 2. The standard InChI is InChI=1S/C19H29N3O.2ClH/c20-19(10-2-1-3-11-19)18(23)21-14-16-6-8-17(9-7-16)15-22-12-4-5-13-22;;/h6-9H,1-5,10-15,20H2,(H,21,23);2*1H. The van der Waals surface area contributed by atoms with Crippen LogP contribution in [-0.4, -0.2) is 29.4 Å². The van der Waals surface area contributed by atoms with E-state index in [1.807, 2.05) is 0 Å². The minimum Gasteiger partial charge on any atom is -0.350 e. The number of hydrogen-bond donors (Lipinski definition) is 2. The van der Waals surface area contributed by atoms with Crippen LogP contribution in [0.1, 0.15) is 56.1 Å². The minimum absolute atomic E-state index is 0. The van der Waals surface area contributed by atoms with E-state index in [4.69, 9.17) is 5.73 Å². The Kier molecular flexibility index (Phi) is 9.22. The van der Waals surface area contributed by atoms with E-state index in [-0.39, 0.29) is 30.7 Å². The molecule has 0 unspecified atom stereocenters. The molecule has 1 aromatic carbocycles. The normalized spacial score (nSPS) is 19.6. The van der Waals surface area contributed by atoms with Crippen molar-refractivity contribution in [1.82, 2.24) is 10.2 Å². The summed E-state index contributed by atoms with van der Waals surface area (Å²) in [6, 6.07) is 8.60. The first kappa shape index (κ1) is 22.2. The Morgan fingerprint density at radius 1 is 0.960 bits per heavy atom. The van der Waals surface area contributed by atoms with E-state index in [9.17, 15) is 4.79 Å². The number of likely N-dealkylation sites (tertiary alicyclic amines) is 1. The van der Waals surface area contributed by atoms with Crippen molar-refractivity contribution in [2.24, 2.45) is 5.73 Å². The maximum atomic E-state index is 12.3. The van der Waals surface area contributed by atoms with Gasteiger partial charge in [0.25, 0.3) is 0 Å². The fraction of sp³-hybridized carbons (Fsp3) is 0.632. The number of carbonyl (C=O) groups is 1. The Hall–Kier alpha value is -0.810. The highest BCUT2D eigenvalue weighted by molar-refractivity contribution is 5.86. The van der Waals surface area contributed by atoms with Crippen LogP contribution < -0.4 is 11.1 Å². The molecule has 1 aromatic rings. The Balaban J connectivity index is 0.00000156. The smallest absolute Gasteiger partial charge is 0.240 e. The number of nitrogens with zero attached hydrogens (tertiary/aromatic N) is 1. The van der Waals surface area contributed by atoms with Crippen LogP contribution in [0.3, 0.4) is 0 Å². The molecule has 4 nitrogen and oxygen atoms in total. The van der Waals surface area contributed by atoms with Crippen LogP contribution in [0, 0.1) is 0 Å². The molecule has 0 atom stereocenters. The van der Waals surface area contributed by atoms with Gasteiger partial charge in [0, 0.05) is 13.1 Å². The summed E-state index contributed by atoms with van der Waals surface area (Å²) in [5.41, 5.74) is 8.11. The van der Waals surface area contributed by atoms with Crippen molar-refractivity contribution < 1.29 is 4.79 Å². The topological polar surface area (TPSA) is 58.4 Å². The van der Waals surface area contributed by atoms with Gasteiger partial charge in [0.15, 0.2) is 0 Å². The lowest BCUT2D eigenvalue weighted by Gasteiger charge is -2.31. The average Bonchev–Trinajstić information content (AvgIpc) is 3.07. The molecule has 0 spiro atoms. The van der Waals surface area contributed by atoms with Crippen LogP contribution in [0.4, 0.5) is 0 Å². The highest BCUT2D eigenvalue weighted by Crippen LogP contribution is 2.26. The van der Waals surface area contributed by atoms with E-state index in [2.05, 4.69) is 34.5 Å². The first-order chi connectivity index (χ1) is 11.2. The second-order valence-corrected chi connectivity index (χ2v) is 7.20. The van der Waals surface area contributed by atoms with Gasteiger partial charge in [-0.1, -0.05) is 43.5 Å². The van der Waals surface area contributed by atoms with Crippen molar-refractivity contribution in [2.75, 3.05) is 13.1 Å². The third-order valence-corrected chi connectivity index (χ3v) is 5.28. The predicted molar refractivity (Wildman–Crippen MR) is 107 cm³/mol. The van der Waals surface area contributed by atoms with E-state index >= 15 is 0 Å². The van der Waals surface area contributed by atoms with Gasteiger partial charge in [-0.3, -0.25) is 9.69 Å². The molecule has 25 heavy (non-hydrogen) atoms. The third-order valence-electron chi connectivity index (χ3n) is 5.28. The lowest BCUT2D eigenvalue weighted by molar-refractivity contribution is -0.127. The van der Waals surface area contributed by atoms with Gasteiger partial charge in [-0.05, 0) is 49.9 Å². The molecule has 142 valence electrons. The third kappa shape index (κ3) is 6.14. The van der Waals surface area contributed by atoms with E-state index in [1.165, 1.54) is 37.9 Å². The van der Waals surface area contributed by atoms with Crippen molar-refractivity contribution >= 4 is 30.7 Å². The maximum absolute atomic E-state index is 12.3. The molecule has 1 saturated heterocycles. The quantitative estimate of drug-likeness (QED) is 0.813. The molecular formula is C19H31Cl2N3O. The Bertz CT molecular complexity index is 524. The van der Waals surface area contributed by atoms with Crippen molar-refractivity contribution in [1.29, 1.82) is 0 Å². The molecule has 1 saturated carbocycles. The largest absolute Gasteiger partial charge is 0.350 e. The number of nitrogens with one attached hydrogen (secondary N) is 1. The van der Waals surface area contributed by atoms with Gasteiger partial charge in [-0.15, -0.1) is 24.8 Å². The zero-order valence-electron chi connectivity index (χ0n) is 14.8. The van der Waals surface area contributed by atoms with Gasteiger partial charge in [0.1, 0.15) is 0 Å².